The zero-order valence-corrected chi connectivity index (χ0v) is 10.6. The average molecular weight is 264 g/mol. The number of carbonyl (C=O) groups excluding carboxylic acids is 1. The van der Waals surface area contributed by atoms with Gasteiger partial charge in [0.05, 0.1) is 5.02 Å². The number of aromatic amines is 1. The van der Waals surface area contributed by atoms with Crippen LogP contribution in [-0.2, 0) is 0 Å². The number of amides is 1. The van der Waals surface area contributed by atoms with E-state index in [1.807, 2.05) is 7.05 Å². The molecule has 1 atom stereocenters. The summed E-state index contributed by atoms with van der Waals surface area (Å²) in [6.45, 7) is 1.85. The lowest BCUT2D eigenvalue weighted by molar-refractivity contribution is 0.0738. The van der Waals surface area contributed by atoms with E-state index in [1.165, 1.54) is 0 Å². The van der Waals surface area contributed by atoms with Crippen molar-refractivity contribution in [2.24, 2.45) is 0 Å². The second-order valence-corrected chi connectivity index (χ2v) is 4.23. The number of halogens is 2. The fraction of sp³-hybridized carbons (Fsp3) is 0.500. The van der Waals surface area contributed by atoms with Crippen molar-refractivity contribution in [2.45, 2.75) is 12.5 Å². The van der Waals surface area contributed by atoms with E-state index >= 15 is 0 Å². The Morgan fingerprint density at radius 3 is 2.88 bits per heavy atom. The van der Waals surface area contributed by atoms with Crippen LogP contribution in [-0.4, -0.2) is 42.0 Å². The number of likely N-dealkylation sites (N-methyl/N-ethyl adjacent to an activating group) is 1. The third-order valence-electron chi connectivity index (χ3n) is 2.78. The van der Waals surface area contributed by atoms with Crippen molar-refractivity contribution in [1.29, 1.82) is 0 Å². The van der Waals surface area contributed by atoms with Gasteiger partial charge in [0.15, 0.2) is 0 Å². The maximum absolute atomic E-state index is 12.0. The second kappa shape index (κ2) is 5.57. The van der Waals surface area contributed by atoms with E-state index in [0.29, 0.717) is 16.8 Å². The number of H-pyrrole nitrogens is 1. The van der Waals surface area contributed by atoms with Gasteiger partial charge in [0, 0.05) is 25.8 Å². The highest BCUT2D eigenvalue weighted by atomic mass is 35.5. The Kier molecular flexibility index (Phi) is 4.65. The molecule has 2 rings (SSSR count). The van der Waals surface area contributed by atoms with E-state index in [4.69, 9.17) is 11.6 Å². The molecule has 0 radical (unpaired) electrons. The van der Waals surface area contributed by atoms with Crippen LogP contribution in [0, 0.1) is 0 Å². The van der Waals surface area contributed by atoms with E-state index in [-0.39, 0.29) is 18.3 Å². The minimum absolute atomic E-state index is 0. The van der Waals surface area contributed by atoms with Crippen LogP contribution in [0.3, 0.4) is 0 Å². The van der Waals surface area contributed by atoms with Crippen molar-refractivity contribution in [3.05, 3.63) is 23.0 Å². The van der Waals surface area contributed by atoms with Crippen molar-refractivity contribution >= 4 is 29.9 Å². The van der Waals surface area contributed by atoms with Gasteiger partial charge in [-0.3, -0.25) is 4.79 Å². The van der Waals surface area contributed by atoms with Crippen LogP contribution >= 0.6 is 24.0 Å². The molecule has 1 aliphatic heterocycles. The van der Waals surface area contributed by atoms with Crippen LogP contribution in [0.5, 0.6) is 0 Å². The minimum Gasteiger partial charge on any atom is -0.356 e. The summed E-state index contributed by atoms with van der Waals surface area (Å²) in [5, 5.41) is 3.80. The Morgan fingerprint density at radius 1 is 1.62 bits per heavy atom. The highest BCUT2D eigenvalue weighted by Gasteiger charge is 2.24. The molecule has 2 heterocycles. The van der Waals surface area contributed by atoms with E-state index < -0.39 is 0 Å². The van der Waals surface area contributed by atoms with Crippen molar-refractivity contribution in [2.75, 3.05) is 20.1 Å². The van der Waals surface area contributed by atoms with Crippen molar-refractivity contribution < 1.29 is 4.79 Å². The minimum atomic E-state index is -0.00407. The van der Waals surface area contributed by atoms with Gasteiger partial charge in [0.1, 0.15) is 5.69 Å². The van der Waals surface area contributed by atoms with E-state index in [2.05, 4.69) is 10.3 Å². The summed E-state index contributed by atoms with van der Waals surface area (Å²) in [5.74, 6) is -0.00407. The average Bonchev–Trinajstić information content (AvgIpc) is 2.85. The van der Waals surface area contributed by atoms with E-state index in [9.17, 15) is 4.79 Å². The van der Waals surface area contributed by atoms with Crippen molar-refractivity contribution in [3.8, 4) is 0 Å². The van der Waals surface area contributed by atoms with Gasteiger partial charge in [-0.15, -0.1) is 12.4 Å². The summed E-state index contributed by atoms with van der Waals surface area (Å²) in [6, 6.07) is 1.95. The smallest absolute Gasteiger partial charge is 0.270 e. The summed E-state index contributed by atoms with van der Waals surface area (Å²) in [7, 11) is 1.83. The molecule has 1 aromatic heterocycles. The number of aromatic nitrogens is 1. The lowest BCUT2D eigenvalue weighted by Crippen LogP contribution is -2.38. The second-order valence-electron chi connectivity index (χ2n) is 3.79. The molecule has 0 aromatic carbocycles. The third kappa shape index (κ3) is 2.70. The molecule has 90 valence electrons. The summed E-state index contributed by atoms with van der Waals surface area (Å²) in [5.41, 5.74) is 0.550. The van der Waals surface area contributed by atoms with Crippen molar-refractivity contribution in [1.82, 2.24) is 15.2 Å². The van der Waals surface area contributed by atoms with Crippen molar-refractivity contribution in [3.63, 3.8) is 0 Å². The first-order valence-electron chi connectivity index (χ1n) is 5.00. The maximum Gasteiger partial charge on any atom is 0.270 e. The van der Waals surface area contributed by atoms with Gasteiger partial charge in [0.2, 0.25) is 0 Å². The highest BCUT2D eigenvalue weighted by Crippen LogP contribution is 2.14. The normalized spacial score (nSPS) is 19.2. The molecule has 1 saturated heterocycles. The number of hydrogen-bond donors (Lipinski definition) is 2. The molecule has 16 heavy (non-hydrogen) atoms. The lowest BCUT2D eigenvalue weighted by atomic mass is 10.2. The molecular formula is C10H15Cl2N3O. The molecule has 2 N–H and O–H groups in total. The Bertz CT molecular complexity index is 361. The molecule has 0 bridgehead atoms. The summed E-state index contributed by atoms with van der Waals surface area (Å²) < 4.78 is 0. The Hall–Kier alpha value is -0.710. The lowest BCUT2D eigenvalue weighted by Gasteiger charge is -2.22. The quantitative estimate of drug-likeness (QED) is 0.850. The Morgan fingerprint density at radius 2 is 2.38 bits per heavy atom. The van der Waals surface area contributed by atoms with Gasteiger partial charge in [-0.1, -0.05) is 11.6 Å². The number of nitrogens with zero attached hydrogens (tertiary/aromatic N) is 1. The summed E-state index contributed by atoms with van der Waals surface area (Å²) in [4.78, 5) is 16.6. The van der Waals surface area contributed by atoms with Gasteiger partial charge >= 0.3 is 0 Å². The van der Waals surface area contributed by atoms with Crippen LogP contribution in [0.1, 0.15) is 16.9 Å². The number of rotatable bonds is 2. The van der Waals surface area contributed by atoms with Crippen LogP contribution in [0.4, 0.5) is 0 Å². The fourth-order valence-electron chi connectivity index (χ4n) is 1.82. The molecule has 0 spiro atoms. The van der Waals surface area contributed by atoms with Crippen LogP contribution in [0.15, 0.2) is 12.3 Å². The Balaban J connectivity index is 0.00000128. The number of nitrogens with one attached hydrogen (secondary N) is 2. The van der Waals surface area contributed by atoms with E-state index in [1.54, 1.807) is 17.2 Å². The maximum atomic E-state index is 12.0. The third-order valence-corrected chi connectivity index (χ3v) is 3.00. The molecule has 1 aromatic rings. The first-order valence-corrected chi connectivity index (χ1v) is 5.38. The fourth-order valence-corrected chi connectivity index (χ4v) is 1.98. The first kappa shape index (κ1) is 13.4. The number of carbonyl (C=O) groups is 1. The first-order chi connectivity index (χ1) is 7.18. The molecule has 0 saturated carbocycles. The van der Waals surface area contributed by atoms with Gasteiger partial charge in [-0.25, -0.2) is 0 Å². The van der Waals surface area contributed by atoms with Gasteiger partial charge in [-0.2, -0.15) is 0 Å². The topological polar surface area (TPSA) is 48.1 Å². The molecule has 0 aliphatic carbocycles. The molecule has 6 heteroatoms. The van der Waals surface area contributed by atoms with Crippen LogP contribution in [0.2, 0.25) is 5.02 Å². The van der Waals surface area contributed by atoms with Crippen LogP contribution in [0.25, 0.3) is 0 Å². The number of hydrogen-bond acceptors (Lipinski definition) is 2. The molecule has 1 fully saturated rings. The Labute approximate surface area is 106 Å². The monoisotopic (exact) mass is 263 g/mol. The van der Waals surface area contributed by atoms with E-state index in [0.717, 1.165) is 19.5 Å². The zero-order chi connectivity index (χ0) is 10.8. The SMILES string of the molecule is CN(C(=O)c1cc(Cl)c[nH]1)C1CCNC1.Cl. The van der Waals surface area contributed by atoms with Crippen LogP contribution < -0.4 is 5.32 Å². The largest absolute Gasteiger partial charge is 0.356 e. The van der Waals surface area contributed by atoms with Gasteiger partial charge in [0.25, 0.3) is 5.91 Å². The molecule has 1 amide bonds. The summed E-state index contributed by atoms with van der Waals surface area (Å²) in [6.07, 6.45) is 2.63. The molecule has 1 unspecified atom stereocenters. The standard InChI is InChI=1S/C10H14ClN3O.ClH/c1-14(8-2-3-12-6-8)10(15)9-4-7(11)5-13-9;/h4-5,8,12-13H,2-3,6H2,1H3;1H. The predicted molar refractivity (Wildman–Crippen MR) is 66.4 cm³/mol. The highest BCUT2D eigenvalue weighted by molar-refractivity contribution is 6.30. The predicted octanol–water partition coefficient (Wildman–Crippen LogP) is 1.52. The summed E-state index contributed by atoms with van der Waals surface area (Å²) >= 11 is 5.75. The van der Waals surface area contributed by atoms with Gasteiger partial charge in [-0.05, 0) is 19.0 Å². The molecule has 1 aliphatic rings. The zero-order valence-electron chi connectivity index (χ0n) is 9.00. The molecular weight excluding hydrogens is 249 g/mol. The molecule has 4 nitrogen and oxygen atoms in total. The van der Waals surface area contributed by atoms with Gasteiger partial charge < -0.3 is 15.2 Å².